The van der Waals surface area contributed by atoms with E-state index in [0.29, 0.717) is 6.54 Å². The molecule has 0 atom stereocenters. The summed E-state index contributed by atoms with van der Waals surface area (Å²) in [6.45, 7) is 2.23. The van der Waals surface area contributed by atoms with Crippen LogP contribution < -0.4 is 5.32 Å². The second-order valence-electron chi connectivity index (χ2n) is 3.99. The number of aromatic carboxylic acids is 1. The number of nitrogens with one attached hydrogen (secondary N) is 1. The van der Waals surface area contributed by atoms with Crippen LogP contribution in [0.4, 0.5) is 11.4 Å². The molecule has 1 aromatic heterocycles. The molecule has 0 amide bonds. The lowest BCUT2D eigenvalue weighted by atomic mass is 10.1. The third kappa shape index (κ3) is 3.09. The maximum atomic E-state index is 11.1. The Morgan fingerprint density at radius 3 is 2.85 bits per heavy atom. The van der Waals surface area contributed by atoms with Gasteiger partial charge in [-0.2, -0.15) is 0 Å². The van der Waals surface area contributed by atoms with Crippen molar-refractivity contribution in [2.45, 2.75) is 13.5 Å². The SMILES string of the molecule is Cc1ncc(CNc2cc([N+](=O)[O-])ccc2C(=O)O)s1. The van der Waals surface area contributed by atoms with Gasteiger partial charge in [0.05, 0.1) is 27.7 Å². The van der Waals surface area contributed by atoms with Crippen LogP contribution in [-0.4, -0.2) is 21.0 Å². The molecule has 2 rings (SSSR count). The molecule has 0 aliphatic heterocycles. The van der Waals surface area contributed by atoms with Gasteiger partial charge in [-0.1, -0.05) is 0 Å². The van der Waals surface area contributed by atoms with Crippen molar-refractivity contribution in [1.29, 1.82) is 0 Å². The van der Waals surface area contributed by atoms with Crippen LogP contribution in [0.25, 0.3) is 0 Å². The van der Waals surface area contributed by atoms with E-state index in [0.717, 1.165) is 9.88 Å². The molecule has 0 saturated heterocycles. The molecule has 0 aliphatic carbocycles. The summed E-state index contributed by atoms with van der Waals surface area (Å²) in [5, 5.41) is 23.6. The van der Waals surface area contributed by atoms with E-state index in [1.54, 1.807) is 6.20 Å². The molecule has 7 nitrogen and oxygen atoms in total. The number of aryl methyl sites for hydroxylation is 1. The minimum Gasteiger partial charge on any atom is -0.478 e. The highest BCUT2D eigenvalue weighted by Crippen LogP contribution is 2.24. The van der Waals surface area contributed by atoms with E-state index in [2.05, 4.69) is 10.3 Å². The fraction of sp³-hybridized carbons (Fsp3) is 0.167. The number of non-ortho nitro benzene ring substituents is 1. The standard InChI is InChI=1S/C12H11N3O4S/c1-7-13-5-9(20-7)6-14-11-4-8(15(18)19)2-3-10(11)12(16)17/h2-5,14H,6H2,1H3,(H,16,17). The number of thiazole rings is 1. The van der Waals surface area contributed by atoms with Crippen LogP contribution in [0.5, 0.6) is 0 Å². The monoisotopic (exact) mass is 293 g/mol. The number of carbonyl (C=O) groups is 1. The van der Waals surface area contributed by atoms with Gasteiger partial charge in [-0.25, -0.2) is 9.78 Å². The molecule has 104 valence electrons. The molecule has 1 aromatic carbocycles. The van der Waals surface area contributed by atoms with Crippen molar-refractivity contribution >= 4 is 28.7 Å². The Morgan fingerprint density at radius 2 is 2.30 bits per heavy atom. The first-order valence-electron chi connectivity index (χ1n) is 5.64. The van der Waals surface area contributed by atoms with Gasteiger partial charge in [-0.05, 0) is 13.0 Å². The van der Waals surface area contributed by atoms with E-state index >= 15 is 0 Å². The first-order chi connectivity index (χ1) is 9.47. The number of nitro groups is 1. The van der Waals surface area contributed by atoms with Crippen LogP contribution in [0.15, 0.2) is 24.4 Å². The Morgan fingerprint density at radius 1 is 1.55 bits per heavy atom. The Kier molecular flexibility index (Phi) is 3.94. The minimum absolute atomic E-state index is 0.00293. The largest absolute Gasteiger partial charge is 0.478 e. The summed E-state index contributed by atoms with van der Waals surface area (Å²) in [5.74, 6) is -1.14. The quantitative estimate of drug-likeness (QED) is 0.648. The molecule has 0 aliphatic rings. The maximum Gasteiger partial charge on any atom is 0.337 e. The molecule has 0 fully saturated rings. The minimum atomic E-state index is -1.14. The highest BCUT2D eigenvalue weighted by Gasteiger charge is 2.15. The van der Waals surface area contributed by atoms with E-state index < -0.39 is 10.9 Å². The normalized spacial score (nSPS) is 10.2. The number of hydrogen-bond donors (Lipinski definition) is 2. The topological polar surface area (TPSA) is 105 Å². The van der Waals surface area contributed by atoms with Gasteiger partial charge in [0, 0.05) is 23.2 Å². The summed E-state index contributed by atoms with van der Waals surface area (Å²) in [6.07, 6.45) is 1.69. The van der Waals surface area contributed by atoms with Gasteiger partial charge >= 0.3 is 5.97 Å². The summed E-state index contributed by atoms with van der Waals surface area (Å²) in [5.41, 5.74) is 0.0626. The molecule has 0 bridgehead atoms. The van der Waals surface area contributed by atoms with Crippen LogP contribution in [0.3, 0.4) is 0 Å². The highest BCUT2D eigenvalue weighted by atomic mass is 32.1. The van der Waals surface area contributed by atoms with Gasteiger partial charge in [-0.3, -0.25) is 10.1 Å². The van der Waals surface area contributed by atoms with E-state index in [1.165, 1.54) is 29.5 Å². The van der Waals surface area contributed by atoms with Gasteiger partial charge in [0.15, 0.2) is 0 Å². The van der Waals surface area contributed by atoms with Crippen molar-refractivity contribution in [2.24, 2.45) is 0 Å². The van der Waals surface area contributed by atoms with Crippen LogP contribution >= 0.6 is 11.3 Å². The van der Waals surface area contributed by atoms with E-state index in [1.807, 2.05) is 6.92 Å². The van der Waals surface area contributed by atoms with Crippen molar-refractivity contribution in [2.75, 3.05) is 5.32 Å². The number of rotatable bonds is 5. The van der Waals surface area contributed by atoms with Crippen molar-refractivity contribution in [1.82, 2.24) is 4.98 Å². The molecule has 8 heteroatoms. The van der Waals surface area contributed by atoms with Crippen molar-refractivity contribution in [3.05, 3.63) is 50.0 Å². The first-order valence-corrected chi connectivity index (χ1v) is 6.46. The van der Waals surface area contributed by atoms with E-state index in [-0.39, 0.29) is 16.9 Å². The Balaban J connectivity index is 2.25. The number of anilines is 1. The number of carboxylic acids is 1. The molecule has 1 heterocycles. The van der Waals surface area contributed by atoms with Gasteiger partial charge < -0.3 is 10.4 Å². The lowest BCUT2D eigenvalue weighted by Gasteiger charge is -2.08. The number of benzene rings is 1. The van der Waals surface area contributed by atoms with Crippen molar-refractivity contribution in [3.8, 4) is 0 Å². The molecule has 2 aromatic rings. The van der Waals surface area contributed by atoms with Crippen LogP contribution in [0.2, 0.25) is 0 Å². The first kappa shape index (κ1) is 13.9. The second-order valence-corrected chi connectivity index (χ2v) is 5.31. The molecule has 20 heavy (non-hydrogen) atoms. The third-order valence-corrected chi connectivity index (χ3v) is 3.48. The fourth-order valence-electron chi connectivity index (χ4n) is 1.65. The van der Waals surface area contributed by atoms with Gasteiger partial charge in [0.25, 0.3) is 5.69 Å². The number of aromatic nitrogens is 1. The number of nitrogens with zero attached hydrogens (tertiary/aromatic N) is 2. The molecule has 2 N–H and O–H groups in total. The van der Waals surface area contributed by atoms with Crippen LogP contribution in [-0.2, 0) is 6.54 Å². The fourth-order valence-corrected chi connectivity index (χ4v) is 2.38. The molecule has 0 radical (unpaired) electrons. The van der Waals surface area contributed by atoms with Crippen molar-refractivity contribution < 1.29 is 14.8 Å². The molecular weight excluding hydrogens is 282 g/mol. The number of carboxylic acid groups (broad SMARTS) is 1. The van der Waals surface area contributed by atoms with Gasteiger partial charge in [-0.15, -0.1) is 11.3 Å². The highest BCUT2D eigenvalue weighted by molar-refractivity contribution is 7.11. The Bertz CT molecular complexity index is 668. The van der Waals surface area contributed by atoms with E-state index in [9.17, 15) is 14.9 Å². The zero-order valence-corrected chi connectivity index (χ0v) is 11.3. The smallest absolute Gasteiger partial charge is 0.337 e. The van der Waals surface area contributed by atoms with Gasteiger partial charge in [0.1, 0.15) is 0 Å². The summed E-state index contributed by atoms with van der Waals surface area (Å²) in [4.78, 5) is 26.3. The number of hydrogen-bond acceptors (Lipinski definition) is 6. The van der Waals surface area contributed by atoms with Gasteiger partial charge in [0.2, 0.25) is 0 Å². The lowest BCUT2D eigenvalue weighted by Crippen LogP contribution is -2.06. The summed E-state index contributed by atoms with van der Waals surface area (Å²) >= 11 is 1.48. The molecule has 0 saturated carbocycles. The van der Waals surface area contributed by atoms with E-state index in [4.69, 9.17) is 5.11 Å². The average molecular weight is 293 g/mol. The molecule has 0 unspecified atom stereocenters. The van der Waals surface area contributed by atoms with Crippen LogP contribution in [0.1, 0.15) is 20.2 Å². The molecule has 0 spiro atoms. The second kappa shape index (κ2) is 5.66. The summed E-state index contributed by atoms with van der Waals surface area (Å²) in [7, 11) is 0. The predicted octanol–water partition coefficient (Wildman–Crippen LogP) is 2.67. The average Bonchev–Trinajstić information content (AvgIpc) is 2.81. The summed E-state index contributed by atoms with van der Waals surface area (Å²) < 4.78 is 0. The summed E-state index contributed by atoms with van der Waals surface area (Å²) in [6, 6.07) is 3.61. The Hall–Kier alpha value is -2.48. The third-order valence-electron chi connectivity index (χ3n) is 2.57. The predicted molar refractivity (Wildman–Crippen MR) is 74.2 cm³/mol. The lowest BCUT2D eigenvalue weighted by molar-refractivity contribution is -0.384. The zero-order valence-electron chi connectivity index (χ0n) is 10.5. The molecular formula is C12H11N3O4S. The van der Waals surface area contributed by atoms with Crippen molar-refractivity contribution in [3.63, 3.8) is 0 Å². The number of nitro benzene ring substituents is 1. The van der Waals surface area contributed by atoms with Crippen LogP contribution in [0, 0.1) is 17.0 Å². The maximum absolute atomic E-state index is 11.1. The zero-order chi connectivity index (χ0) is 14.7. The Labute approximate surface area is 118 Å².